The maximum Gasteiger partial charge on any atom is 0.287 e. The zero-order valence-corrected chi connectivity index (χ0v) is 14.9. The van der Waals surface area contributed by atoms with Gasteiger partial charge in [0.05, 0.1) is 12.7 Å². The van der Waals surface area contributed by atoms with E-state index in [1.165, 1.54) is 12.8 Å². The first-order valence-electron chi connectivity index (χ1n) is 9.05. The molecule has 7 heteroatoms. The normalized spacial score (nSPS) is 16.2. The SMILES string of the molecule is CC1CCN(Cc2ccc(C(=O)NCc3cnn4cccnc34)o2)CC1. The van der Waals surface area contributed by atoms with E-state index in [0.29, 0.717) is 12.3 Å². The summed E-state index contributed by atoms with van der Waals surface area (Å²) in [7, 11) is 0. The van der Waals surface area contributed by atoms with Gasteiger partial charge in [-0.05, 0) is 50.0 Å². The summed E-state index contributed by atoms with van der Waals surface area (Å²) < 4.78 is 7.43. The summed E-state index contributed by atoms with van der Waals surface area (Å²) in [5, 5.41) is 7.09. The second-order valence-electron chi connectivity index (χ2n) is 6.96. The van der Waals surface area contributed by atoms with Crippen LogP contribution in [0.3, 0.4) is 0 Å². The quantitative estimate of drug-likeness (QED) is 0.763. The number of carbonyl (C=O) groups is 1. The van der Waals surface area contributed by atoms with Gasteiger partial charge in [0.1, 0.15) is 5.76 Å². The largest absolute Gasteiger partial charge is 0.455 e. The van der Waals surface area contributed by atoms with Crippen LogP contribution in [0.5, 0.6) is 0 Å². The lowest BCUT2D eigenvalue weighted by Gasteiger charge is -2.29. The second-order valence-corrected chi connectivity index (χ2v) is 6.96. The molecule has 26 heavy (non-hydrogen) atoms. The lowest BCUT2D eigenvalue weighted by molar-refractivity contribution is 0.0918. The topological polar surface area (TPSA) is 75.7 Å². The highest BCUT2D eigenvalue weighted by molar-refractivity contribution is 5.91. The van der Waals surface area contributed by atoms with Crippen molar-refractivity contribution in [1.29, 1.82) is 0 Å². The molecule has 0 bridgehead atoms. The maximum absolute atomic E-state index is 12.4. The molecule has 7 nitrogen and oxygen atoms in total. The van der Waals surface area contributed by atoms with E-state index in [-0.39, 0.29) is 5.91 Å². The Hall–Kier alpha value is -2.67. The van der Waals surface area contributed by atoms with Gasteiger partial charge in [0.15, 0.2) is 11.4 Å². The summed E-state index contributed by atoms with van der Waals surface area (Å²) in [6, 6.07) is 5.45. The zero-order valence-electron chi connectivity index (χ0n) is 14.9. The van der Waals surface area contributed by atoms with E-state index in [0.717, 1.165) is 42.5 Å². The van der Waals surface area contributed by atoms with Crippen LogP contribution in [0.2, 0.25) is 0 Å². The van der Waals surface area contributed by atoms with Crippen molar-refractivity contribution in [2.45, 2.75) is 32.9 Å². The van der Waals surface area contributed by atoms with E-state index in [4.69, 9.17) is 4.42 Å². The van der Waals surface area contributed by atoms with Crippen LogP contribution in [-0.2, 0) is 13.1 Å². The van der Waals surface area contributed by atoms with Gasteiger partial charge in [0.2, 0.25) is 0 Å². The van der Waals surface area contributed by atoms with Crippen molar-refractivity contribution in [3.63, 3.8) is 0 Å². The molecule has 0 spiro atoms. The van der Waals surface area contributed by atoms with Gasteiger partial charge in [-0.15, -0.1) is 0 Å². The van der Waals surface area contributed by atoms with Crippen molar-refractivity contribution < 1.29 is 9.21 Å². The number of aromatic nitrogens is 3. The van der Waals surface area contributed by atoms with Gasteiger partial charge in [-0.1, -0.05) is 6.92 Å². The van der Waals surface area contributed by atoms with Gasteiger partial charge >= 0.3 is 0 Å². The molecule has 0 saturated carbocycles. The predicted octanol–water partition coefficient (Wildman–Crippen LogP) is 2.48. The van der Waals surface area contributed by atoms with E-state index in [1.807, 2.05) is 18.3 Å². The molecule has 0 unspecified atom stereocenters. The Labute approximate surface area is 152 Å². The van der Waals surface area contributed by atoms with Crippen LogP contribution in [-0.4, -0.2) is 38.5 Å². The lowest BCUT2D eigenvalue weighted by atomic mass is 9.99. The maximum atomic E-state index is 12.4. The Morgan fingerprint density at radius 1 is 1.35 bits per heavy atom. The number of piperidine rings is 1. The first-order chi connectivity index (χ1) is 12.7. The molecule has 4 rings (SSSR count). The van der Waals surface area contributed by atoms with Gasteiger partial charge in [-0.25, -0.2) is 9.50 Å². The predicted molar refractivity (Wildman–Crippen MR) is 96.5 cm³/mol. The number of nitrogens with one attached hydrogen (secondary N) is 1. The Kier molecular flexibility index (Phi) is 4.71. The van der Waals surface area contributed by atoms with Crippen molar-refractivity contribution >= 4 is 11.6 Å². The molecule has 1 amide bonds. The van der Waals surface area contributed by atoms with Crippen LogP contribution >= 0.6 is 0 Å². The molecule has 0 radical (unpaired) electrons. The van der Waals surface area contributed by atoms with Gasteiger partial charge in [-0.3, -0.25) is 9.69 Å². The summed E-state index contributed by atoms with van der Waals surface area (Å²) in [5.41, 5.74) is 1.61. The highest BCUT2D eigenvalue weighted by atomic mass is 16.4. The molecule has 0 atom stereocenters. The second kappa shape index (κ2) is 7.29. The number of likely N-dealkylation sites (tertiary alicyclic amines) is 1. The molecular weight excluding hydrogens is 330 g/mol. The Morgan fingerprint density at radius 3 is 3.04 bits per heavy atom. The summed E-state index contributed by atoms with van der Waals surface area (Å²) in [5.74, 6) is 1.76. The molecule has 0 aromatic carbocycles. The molecular formula is C19H23N5O2. The zero-order chi connectivity index (χ0) is 17.9. The third-order valence-corrected chi connectivity index (χ3v) is 4.93. The van der Waals surface area contributed by atoms with Gasteiger partial charge in [0, 0.05) is 24.5 Å². The summed E-state index contributed by atoms with van der Waals surface area (Å²) >= 11 is 0. The van der Waals surface area contributed by atoms with Gasteiger partial charge in [0.25, 0.3) is 5.91 Å². The average molecular weight is 353 g/mol. The number of carbonyl (C=O) groups excluding carboxylic acids is 1. The van der Waals surface area contributed by atoms with E-state index >= 15 is 0 Å². The van der Waals surface area contributed by atoms with E-state index in [1.54, 1.807) is 23.0 Å². The number of rotatable bonds is 5. The fourth-order valence-corrected chi connectivity index (χ4v) is 3.29. The van der Waals surface area contributed by atoms with E-state index in [9.17, 15) is 4.79 Å². The first kappa shape index (κ1) is 16.8. The van der Waals surface area contributed by atoms with Crippen LogP contribution in [0, 0.1) is 5.92 Å². The molecule has 3 aromatic rings. The molecule has 136 valence electrons. The minimum atomic E-state index is -0.223. The van der Waals surface area contributed by atoms with Crippen molar-refractivity contribution in [1.82, 2.24) is 24.8 Å². The third kappa shape index (κ3) is 3.62. The number of amides is 1. The van der Waals surface area contributed by atoms with E-state index < -0.39 is 0 Å². The Balaban J connectivity index is 1.34. The lowest BCUT2D eigenvalue weighted by Crippen LogP contribution is -2.32. The fourth-order valence-electron chi connectivity index (χ4n) is 3.29. The number of nitrogens with zero attached hydrogens (tertiary/aromatic N) is 4. The van der Waals surface area contributed by atoms with Crippen molar-refractivity contribution in [2.24, 2.45) is 5.92 Å². The standard InChI is InChI=1S/C19H23N5O2/c1-14-5-9-23(10-6-14)13-16-3-4-17(26-16)19(25)21-11-15-12-22-24-8-2-7-20-18(15)24/h2-4,7-8,12,14H,5-6,9-11,13H2,1H3,(H,21,25). The number of fused-ring (bicyclic) bond motifs is 1. The molecule has 1 aliphatic heterocycles. The molecule has 0 aliphatic carbocycles. The smallest absolute Gasteiger partial charge is 0.287 e. The van der Waals surface area contributed by atoms with Crippen LogP contribution in [0.15, 0.2) is 41.2 Å². The Bertz CT molecular complexity index is 892. The molecule has 1 aliphatic rings. The van der Waals surface area contributed by atoms with Crippen molar-refractivity contribution in [3.8, 4) is 0 Å². The summed E-state index contributed by atoms with van der Waals surface area (Å²) in [6.45, 7) is 5.60. The van der Waals surface area contributed by atoms with Crippen LogP contribution < -0.4 is 5.32 Å². The highest BCUT2D eigenvalue weighted by Crippen LogP contribution is 2.19. The van der Waals surface area contributed by atoms with E-state index in [2.05, 4.69) is 27.2 Å². The van der Waals surface area contributed by atoms with Crippen LogP contribution in [0.1, 0.15) is 41.6 Å². The van der Waals surface area contributed by atoms with Gasteiger partial charge in [-0.2, -0.15) is 5.10 Å². The van der Waals surface area contributed by atoms with Crippen LogP contribution in [0.4, 0.5) is 0 Å². The fraction of sp³-hybridized carbons (Fsp3) is 0.421. The van der Waals surface area contributed by atoms with Crippen molar-refractivity contribution in [2.75, 3.05) is 13.1 Å². The number of furan rings is 1. The third-order valence-electron chi connectivity index (χ3n) is 4.93. The molecule has 3 aromatic heterocycles. The molecule has 4 heterocycles. The minimum Gasteiger partial charge on any atom is -0.455 e. The minimum absolute atomic E-state index is 0.223. The first-order valence-corrected chi connectivity index (χ1v) is 9.05. The monoisotopic (exact) mass is 353 g/mol. The molecule has 1 saturated heterocycles. The van der Waals surface area contributed by atoms with Crippen molar-refractivity contribution in [3.05, 3.63) is 53.9 Å². The Morgan fingerprint density at radius 2 is 2.19 bits per heavy atom. The number of hydrogen-bond acceptors (Lipinski definition) is 5. The highest BCUT2D eigenvalue weighted by Gasteiger charge is 2.18. The van der Waals surface area contributed by atoms with Crippen LogP contribution in [0.25, 0.3) is 5.65 Å². The summed E-state index contributed by atoms with van der Waals surface area (Å²) in [4.78, 5) is 19.0. The molecule has 1 fully saturated rings. The number of hydrogen-bond donors (Lipinski definition) is 1. The molecule has 1 N–H and O–H groups in total. The average Bonchev–Trinajstić information content (AvgIpc) is 3.29. The summed E-state index contributed by atoms with van der Waals surface area (Å²) in [6.07, 6.45) is 7.70. The van der Waals surface area contributed by atoms with Gasteiger partial charge < -0.3 is 9.73 Å².